The fourth-order valence-corrected chi connectivity index (χ4v) is 3.56. The molecule has 2 heterocycles. The maximum atomic E-state index is 10.9. The molecule has 0 bridgehead atoms. The van der Waals surface area contributed by atoms with Crippen LogP contribution >= 0.6 is 0 Å². The molecule has 1 saturated heterocycles. The van der Waals surface area contributed by atoms with Crippen molar-refractivity contribution >= 4 is 0 Å². The largest absolute Gasteiger partial charge is 0.493 e. The zero-order valence-corrected chi connectivity index (χ0v) is 15.6. The standard InChI is InChI=1S/C21H28N2O3/c1-16-3-4-19(17(2)15-16)26-14-7-20(24)23-12-8-21(25,9-13-23)18-5-10-22-11-6-18/h3-6,10-11,15,20,24-25H,7-9,12-14H2,1-2H3. The van der Waals surface area contributed by atoms with Gasteiger partial charge in [-0.05, 0) is 56.0 Å². The number of ether oxygens (including phenoxy) is 1. The number of aliphatic hydroxyl groups excluding tert-OH is 1. The number of nitrogens with zero attached hydrogens (tertiary/aromatic N) is 2. The molecule has 1 unspecified atom stereocenters. The molecule has 140 valence electrons. The lowest BCUT2D eigenvalue weighted by molar-refractivity contribution is -0.0819. The van der Waals surface area contributed by atoms with Gasteiger partial charge in [-0.25, -0.2) is 0 Å². The van der Waals surface area contributed by atoms with Gasteiger partial charge in [0.2, 0.25) is 0 Å². The van der Waals surface area contributed by atoms with Gasteiger partial charge < -0.3 is 14.9 Å². The molecular weight excluding hydrogens is 328 g/mol. The fraction of sp³-hybridized carbons (Fsp3) is 0.476. The Labute approximate surface area is 155 Å². The number of aryl methyl sites for hydroxylation is 2. The van der Waals surface area contributed by atoms with Crippen molar-refractivity contribution in [3.05, 3.63) is 59.4 Å². The lowest BCUT2D eigenvalue weighted by Gasteiger charge is -2.40. The van der Waals surface area contributed by atoms with Crippen LogP contribution in [-0.2, 0) is 5.60 Å². The number of rotatable bonds is 6. The van der Waals surface area contributed by atoms with Crippen molar-refractivity contribution in [2.45, 2.75) is 44.9 Å². The summed E-state index contributed by atoms with van der Waals surface area (Å²) in [4.78, 5) is 6.02. The first kappa shape index (κ1) is 18.8. The van der Waals surface area contributed by atoms with E-state index < -0.39 is 11.8 Å². The van der Waals surface area contributed by atoms with Gasteiger partial charge in [0.05, 0.1) is 12.2 Å². The summed E-state index contributed by atoms with van der Waals surface area (Å²) in [6.45, 7) is 5.87. The van der Waals surface area contributed by atoms with Gasteiger partial charge in [0.25, 0.3) is 0 Å². The number of aromatic nitrogens is 1. The predicted molar refractivity (Wildman–Crippen MR) is 101 cm³/mol. The number of aliphatic hydroxyl groups is 2. The van der Waals surface area contributed by atoms with Crippen molar-refractivity contribution in [1.29, 1.82) is 0 Å². The molecule has 1 atom stereocenters. The van der Waals surface area contributed by atoms with Crippen molar-refractivity contribution in [3.63, 3.8) is 0 Å². The Morgan fingerprint density at radius 2 is 1.85 bits per heavy atom. The van der Waals surface area contributed by atoms with Crippen molar-refractivity contribution in [2.75, 3.05) is 19.7 Å². The van der Waals surface area contributed by atoms with Crippen LogP contribution in [0, 0.1) is 13.8 Å². The van der Waals surface area contributed by atoms with Crippen molar-refractivity contribution in [3.8, 4) is 5.75 Å². The molecule has 0 aliphatic carbocycles. The summed E-state index contributed by atoms with van der Waals surface area (Å²) >= 11 is 0. The molecule has 0 spiro atoms. The number of pyridine rings is 1. The molecule has 1 aliphatic rings. The van der Waals surface area contributed by atoms with E-state index in [-0.39, 0.29) is 0 Å². The minimum Gasteiger partial charge on any atom is -0.493 e. The van der Waals surface area contributed by atoms with Crippen molar-refractivity contribution < 1.29 is 14.9 Å². The van der Waals surface area contributed by atoms with Gasteiger partial charge in [-0.2, -0.15) is 0 Å². The van der Waals surface area contributed by atoms with E-state index in [4.69, 9.17) is 4.74 Å². The van der Waals surface area contributed by atoms with E-state index in [1.54, 1.807) is 12.4 Å². The van der Waals surface area contributed by atoms with E-state index >= 15 is 0 Å². The lowest BCUT2D eigenvalue weighted by Crippen LogP contribution is -2.47. The SMILES string of the molecule is Cc1ccc(OCCC(O)N2CCC(O)(c3ccncc3)CC2)c(C)c1. The highest BCUT2D eigenvalue weighted by Gasteiger charge is 2.35. The molecule has 1 fully saturated rings. The summed E-state index contributed by atoms with van der Waals surface area (Å²) in [6, 6.07) is 9.83. The number of benzene rings is 1. The van der Waals surface area contributed by atoms with Crippen molar-refractivity contribution in [2.24, 2.45) is 0 Å². The van der Waals surface area contributed by atoms with Gasteiger partial charge >= 0.3 is 0 Å². The van der Waals surface area contributed by atoms with E-state index in [1.165, 1.54) is 5.56 Å². The third-order valence-corrected chi connectivity index (χ3v) is 5.23. The molecule has 2 aromatic rings. The average Bonchev–Trinajstić information content (AvgIpc) is 2.65. The Morgan fingerprint density at radius 3 is 2.50 bits per heavy atom. The minimum atomic E-state index is -0.825. The zero-order chi connectivity index (χ0) is 18.6. The van der Waals surface area contributed by atoms with Gasteiger partial charge in [-0.15, -0.1) is 0 Å². The topological polar surface area (TPSA) is 65.8 Å². The fourth-order valence-electron chi connectivity index (χ4n) is 3.56. The molecule has 0 amide bonds. The first-order chi connectivity index (χ1) is 12.5. The van der Waals surface area contributed by atoms with E-state index in [2.05, 4.69) is 18.0 Å². The first-order valence-electron chi connectivity index (χ1n) is 9.23. The van der Waals surface area contributed by atoms with Crippen LogP contribution < -0.4 is 4.74 Å². The van der Waals surface area contributed by atoms with Crippen LogP contribution in [0.1, 0.15) is 36.0 Å². The molecule has 3 rings (SSSR count). The Hall–Kier alpha value is -1.95. The predicted octanol–water partition coefficient (Wildman–Crippen LogP) is 2.77. The number of likely N-dealkylation sites (tertiary alicyclic amines) is 1. The van der Waals surface area contributed by atoms with E-state index in [0.29, 0.717) is 39.0 Å². The average molecular weight is 356 g/mol. The number of hydrogen-bond acceptors (Lipinski definition) is 5. The molecule has 1 aliphatic heterocycles. The van der Waals surface area contributed by atoms with Crippen LogP contribution in [0.25, 0.3) is 0 Å². The first-order valence-corrected chi connectivity index (χ1v) is 9.23. The molecule has 5 heteroatoms. The molecule has 5 nitrogen and oxygen atoms in total. The second-order valence-corrected chi connectivity index (χ2v) is 7.19. The summed E-state index contributed by atoms with van der Waals surface area (Å²) < 4.78 is 5.82. The normalized spacial score (nSPS) is 18.5. The third-order valence-electron chi connectivity index (χ3n) is 5.23. The number of piperidine rings is 1. The van der Waals surface area contributed by atoms with Gasteiger partial charge in [0.15, 0.2) is 0 Å². The molecule has 1 aromatic heterocycles. The molecular formula is C21H28N2O3. The Balaban J connectivity index is 1.47. The molecule has 0 saturated carbocycles. The van der Waals surface area contributed by atoms with E-state index in [1.807, 2.05) is 36.1 Å². The van der Waals surface area contributed by atoms with Crippen molar-refractivity contribution in [1.82, 2.24) is 9.88 Å². The quantitative estimate of drug-likeness (QED) is 0.833. The third kappa shape index (κ3) is 4.41. The van der Waals surface area contributed by atoms with Gasteiger partial charge in [-0.1, -0.05) is 17.7 Å². The highest BCUT2D eigenvalue weighted by molar-refractivity contribution is 5.35. The Kier molecular flexibility index (Phi) is 5.91. The second kappa shape index (κ2) is 8.16. The highest BCUT2D eigenvalue weighted by atomic mass is 16.5. The number of hydrogen-bond donors (Lipinski definition) is 2. The molecule has 2 N–H and O–H groups in total. The zero-order valence-electron chi connectivity index (χ0n) is 15.6. The summed E-state index contributed by atoms with van der Waals surface area (Å²) in [5.41, 5.74) is 2.40. The van der Waals surface area contributed by atoms with Crippen LogP contribution in [0.15, 0.2) is 42.7 Å². The van der Waals surface area contributed by atoms with Crippen LogP contribution in [0.3, 0.4) is 0 Å². The summed E-state index contributed by atoms with van der Waals surface area (Å²) in [5, 5.41) is 21.3. The maximum Gasteiger partial charge on any atom is 0.122 e. The minimum absolute atomic E-state index is 0.468. The monoisotopic (exact) mass is 356 g/mol. The summed E-state index contributed by atoms with van der Waals surface area (Å²) in [5.74, 6) is 0.869. The molecule has 1 aromatic carbocycles. The second-order valence-electron chi connectivity index (χ2n) is 7.19. The summed E-state index contributed by atoms with van der Waals surface area (Å²) in [6.07, 6.45) is 4.61. The van der Waals surface area contributed by atoms with Crippen LogP contribution in [0.4, 0.5) is 0 Å². The highest BCUT2D eigenvalue weighted by Crippen LogP contribution is 2.33. The van der Waals surface area contributed by atoms with Gasteiger partial charge in [-0.3, -0.25) is 9.88 Å². The lowest BCUT2D eigenvalue weighted by atomic mass is 9.85. The van der Waals surface area contributed by atoms with E-state index in [0.717, 1.165) is 16.9 Å². The van der Waals surface area contributed by atoms with Crippen LogP contribution in [-0.4, -0.2) is 46.0 Å². The van der Waals surface area contributed by atoms with E-state index in [9.17, 15) is 10.2 Å². The Bertz CT molecular complexity index is 712. The summed E-state index contributed by atoms with van der Waals surface area (Å²) in [7, 11) is 0. The Morgan fingerprint density at radius 1 is 1.15 bits per heavy atom. The maximum absolute atomic E-state index is 10.9. The molecule has 26 heavy (non-hydrogen) atoms. The van der Waals surface area contributed by atoms with Crippen LogP contribution in [0.5, 0.6) is 5.75 Å². The van der Waals surface area contributed by atoms with Crippen LogP contribution in [0.2, 0.25) is 0 Å². The smallest absolute Gasteiger partial charge is 0.122 e. The van der Waals surface area contributed by atoms with Gasteiger partial charge in [0.1, 0.15) is 12.0 Å². The molecule has 0 radical (unpaired) electrons. The van der Waals surface area contributed by atoms with Gasteiger partial charge in [0, 0.05) is 31.9 Å².